The third kappa shape index (κ3) is 5.99. The Hall–Kier alpha value is -1.17. The van der Waals surface area contributed by atoms with Crippen LogP contribution < -0.4 is 10.5 Å². The molecule has 4 nitrogen and oxygen atoms in total. The first-order valence-electron chi connectivity index (χ1n) is 7.31. The van der Waals surface area contributed by atoms with Gasteiger partial charge in [0, 0.05) is 19.6 Å². The maximum absolute atomic E-state index is 5.71. The normalized spacial score (nSPS) is 11.1. The lowest BCUT2D eigenvalue weighted by Gasteiger charge is -2.24. The van der Waals surface area contributed by atoms with Crippen molar-refractivity contribution in [2.24, 2.45) is 5.73 Å². The highest BCUT2D eigenvalue weighted by atomic mass is 32.1. The number of methoxy groups -OCH3 is 1. The van der Waals surface area contributed by atoms with Gasteiger partial charge in [-0.25, -0.2) is 0 Å². The molecule has 0 unspecified atom stereocenters. The zero-order valence-corrected chi connectivity index (χ0v) is 14.4. The molecule has 0 aliphatic rings. The van der Waals surface area contributed by atoms with Crippen LogP contribution in [0.5, 0.6) is 5.75 Å². The molecule has 5 heteroatoms. The third-order valence-electron chi connectivity index (χ3n) is 3.34. The van der Waals surface area contributed by atoms with Gasteiger partial charge in [-0.15, -0.1) is 0 Å². The predicted octanol–water partition coefficient (Wildman–Crippen LogP) is 2.10. The van der Waals surface area contributed by atoms with E-state index in [-0.39, 0.29) is 0 Å². The summed E-state index contributed by atoms with van der Waals surface area (Å²) in [6, 6.07) is 6.06. The summed E-state index contributed by atoms with van der Waals surface area (Å²) in [5.74, 6) is 0.754. The van der Waals surface area contributed by atoms with Crippen LogP contribution in [0.2, 0.25) is 0 Å². The van der Waals surface area contributed by atoms with Gasteiger partial charge >= 0.3 is 0 Å². The molecule has 0 bridgehead atoms. The molecule has 1 aromatic rings. The predicted molar refractivity (Wildman–Crippen MR) is 93.0 cm³/mol. The summed E-state index contributed by atoms with van der Waals surface area (Å²) in [5.41, 5.74) is 7.72. The number of ether oxygens (including phenoxy) is 1. The van der Waals surface area contributed by atoms with Gasteiger partial charge in [-0.1, -0.05) is 25.2 Å². The number of likely N-dealkylation sites (N-methyl/N-ethyl adjacent to an activating group) is 1. The van der Waals surface area contributed by atoms with Crippen molar-refractivity contribution < 1.29 is 4.74 Å². The first kappa shape index (κ1) is 17.9. The molecule has 1 rings (SSSR count). The summed E-state index contributed by atoms with van der Waals surface area (Å²) < 4.78 is 5.39. The lowest BCUT2D eigenvalue weighted by Crippen LogP contribution is -2.32. The molecule has 118 valence electrons. The lowest BCUT2D eigenvalue weighted by molar-refractivity contribution is 0.234. The fraction of sp³-hybridized carbons (Fsp3) is 0.562. The van der Waals surface area contributed by atoms with Crippen molar-refractivity contribution in [2.75, 3.05) is 40.8 Å². The second kappa shape index (κ2) is 8.97. The average molecular weight is 309 g/mol. The Morgan fingerprint density at radius 3 is 2.48 bits per heavy atom. The molecule has 1 aromatic carbocycles. The van der Waals surface area contributed by atoms with Crippen molar-refractivity contribution in [3.05, 3.63) is 29.3 Å². The van der Waals surface area contributed by atoms with Crippen LogP contribution >= 0.6 is 12.2 Å². The molecule has 2 N–H and O–H groups in total. The minimum atomic E-state index is 0.372. The number of thiocarbonyl (C=S) groups is 1. The van der Waals surface area contributed by atoms with Crippen LogP contribution in [0.25, 0.3) is 0 Å². The standard InChI is InChI=1S/C16H27N3OS/c1-5-8-19(10-9-18(2)3)12-13-6-7-14(16(17)21)15(11-13)20-4/h6-7,11H,5,8-10,12H2,1-4H3,(H2,17,21). The van der Waals surface area contributed by atoms with Crippen molar-refractivity contribution in [2.45, 2.75) is 19.9 Å². The van der Waals surface area contributed by atoms with E-state index in [0.717, 1.165) is 43.9 Å². The first-order chi connectivity index (χ1) is 9.97. The number of rotatable bonds is 9. The molecule has 0 aliphatic heterocycles. The van der Waals surface area contributed by atoms with E-state index in [1.54, 1.807) is 7.11 Å². The number of nitrogens with two attached hydrogens (primary N) is 1. The van der Waals surface area contributed by atoms with Gasteiger partial charge in [-0.3, -0.25) is 4.90 Å². The molecular weight excluding hydrogens is 282 g/mol. The highest BCUT2D eigenvalue weighted by molar-refractivity contribution is 7.80. The second-order valence-electron chi connectivity index (χ2n) is 5.48. The molecule has 0 radical (unpaired) electrons. The Morgan fingerprint density at radius 2 is 1.95 bits per heavy atom. The van der Waals surface area contributed by atoms with E-state index >= 15 is 0 Å². The smallest absolute Gasteiger partial charge is 0.129 e. The molecule has 0 amide bonds. The van der Waals surface area contributed by atoms with Crippen LogP contribution in [0.3, 0.4) is 0 Å². The van der Waals surface area contributed by atoms with Gasteiger partial charge in [-0.2, -0.15) is 0 Å². The quantitative estimate of drug-likeness (QED) is 0.708. The highest BCUT2D eigenvalue weighted by Crippen LogP contribution is 2.21. The maximum atomic E-state index is 5.71. The number of nitrogens with zero attached hydrogens (tertiary/aromatic N) is 2. The fourth-order valence-electron chi connectivity index (χ4n) is 2.22. The van der Waals surface area contributed by atoms with Gasteiger partial charge in [0.25, 0.3) is 0 Å². The molecule has 0 aliphatic carbocycles. The summed E-state index contributed by atoms with van der Waals surface area (Å²) >= 11 is 5.04. The minimum absolute atomic E-state index is 0.372. The maximum Gasteiger partial charge on any atom is 0.129 e. The van der Waals surface area contributed by atoms with Crippen LogP contribution in [-0.4, -0.2) is 55.6 Å². The van der Waals surface area contributed by atoms with Crippen LogP contribution in [0.1, 0.15) is 24.5 Å². The van der Waals surface area contributed by atoms with Crippen LogP contribution in [0.15, 0.2) is 18.2 Å². The monoisotopic (exact) mass is 309 g/mol. The van der Waals surface area contributed by atoms with Crippen molar-refractivity contribution in [3.63, 3.8) is 0 Å². The van der Waals surface area contributed by atoms with Gasteiger partial charge in [0.1, 0.15) is 10.7 Å². The Kier molecular flexibility index (Phi) is 7.64. The molecule has 21 heavy (non-hydrogen) atoms. The van der Waals surface area contributed by atoms with Gasteiger partial charge in [0.15, 0.2) is 0 Å². The van der Waals surface area contributed by atoms with E-state index in [0.29, 0.717) is 4.99 Å². The average Bonchev–Trinajstić information content (AvgIpc) is 2.44. The van der Waals surface area contributed by atoms with Gasteiger partial charge < -0.3 is 15.4 Å². The van der Waals surface area contributed by atoms with E-state index in [1.165, 1.54) is 5.56 Å². The zero-order chi connectivity index (χ0) is 15.8. The molecule has 0 atom stereocenters. The summed E-state index contributed by atoms with van der Waals surface area (Å²) in [6.07, 6.45) is 1.15. The van der Waals surface area contributed by atoms with Crippen LogP contribution in [0.4, 0.5) is 0 Å². The van der Waals surface area contributed by atoms with E-state index in [9.17, 15) is 0 Å². The molecular formula is C16H27N3OS. The number of hydrogen-bond donors (Lipinski definition) is 1. The minimum Gasteiger partial charge on any atom is -0.496 e. The SMILES string of the molecule is CCCN(CCN(C)C)Cc1ccc(C(N)=S)c(OC)c1. The third-order valence-corrected chi connectivity index (χ3v) is 3.56. The molecule has 0 saturated carbocycles. The highest BCUT2D eigenvalue weighted by Gasteiger charge is 2.10. The van der Waals surface area contributed by atoms with E-state index < -0.39 is 0 Å². The zero-order valence-electron chi connectivity index (χ0n) is 13.6. The molecule has 0 spiro atoms. The first-order valence-corrected chi connectivity index (χ1v) is 7.72. The van der Waals surface area contributed by atoms with E-state index in [2.05, 4.69) is 36.9 Å². The van der Waals surface area contributed by atoms with Gasteiger partial charge in [0.2, 0.25) is 0 Å². The van der Waals surface area contributed by atoms with Crippen LogP contribution in [-0.2, 0) is 6.54 Å². The Labute approximate surface area is 133 Å². The lowest BCUT2D eigenvalue weighted by atomic mass is 10.1. The summed E-state index contributed by atoms with van der Waals surface area (Å²) in [7, 11) is 5.85. The number of benzene rings is 1. The van der Waals surface area contributed by atoms with Crippen LogP contribution in [0, 0.1) is 0 Å². The van der Waals surface area contributed by atoms with Crippen molar-refractivity contribution in [3.8, 4) is 5.75 Å². The van der Waals surface area contributed by atoms with Crippen molar-refractivity contribution in [1.82, 2.24) is 9.80 Å². The van der Waals surface area contributed by atoms with E-state index in [1.807, 2.05) is 12.1 Å². The molecule has 0 heterocycles. The van der Waals surface area contributed by atoms with Crippen molar-refractivity contribution >= 4 is 17.2 Å². The topological polar surface area (TPSA) is 41.7 Å². The van der Waals surface area contributed by atoms with E-state index in [4.69, 9.17) is 22.7 Å². The summed E-state index contributed by atoms with van der Waals surface area (Å²) in [5, 5.41) is 0. The van der Waals surface area contributed by atoms with Crippen molar-refractivity contribution in [1.29, 1.82) is 0 Å². The van der Waals surface area contributed by atoms with Gasteiger partial charge in [0.05, 0.1) is 12.7 Å². The largest absolute Gasteiger partial charge is 0.496 e. The molecule has 0 fully saturated rings. The molecule has 0 saturated heterocycles. The Balaban J connectivity index is 2.80. The fourth-order valence-corrected chi connectivity index (χ4v) is 2.39. The Morgan fingerprint density at radius 1 is 1.24 bits per heavy atom. The van der Waals surface area contributed by atoms with Gasteiger partial charge in [-0.05, 0) is 44.8 Å². The summed E-state index contributed by atoms with van der Waals surface area (Å²) in [4.78, 5) is 5.03. The molecule has 0 aromatic heterocycles. The number of hydrogen-bond acceptors (Lipinski definition) is 4. The second-order valence-corrected chi connectivity index (χ2v) is 5.92. The Bertz CT molecular complexity index is 463. The summed E-state index contributed by atoms with van der Waals surface area (Å²) in [6.45, 7) is 6.32.